The molecule has 118 valence electrons. The van der Waals surface area contributed by atoms with Gasteiger partial charge >= 0.3 is 0 Å². The molecule has 0 aliphatic heterocycles. The second-order valence-electron chi connectivity index (χ2n) is 5.22. The number of nitrogens with zero attached hydrogens (tertiary/aromatic N) is 4. The number of aromatic nitrogens is 4. The SMILES string of the molecule is Cc1nccn1-c1ncc(NC(=O)c2cc3ccccc3o2)cn1. The second kappa shape index (κ2) is 5.62. The number of rotatable bonds is 3. The van der Waals surface area contributed by atoms with Gasteiger partial charge in [-0.05, 0) is 19.1 Å². The van der Waals surface area contributed by atoms with Crippen LogP contribution in [0.15, 0.2) is 59.5 Å². The fraction of sp³-hybridized carbons (Fsp3) is 0.0588. The Balaban J connectivity index is 1.54. The minimum Gasteiger partial charge on any atom is -0.451 e. The topological polar surface area (TPSA) is 85.8 Å². The van der Waals surface area contributed by atoms with Crippen LogP contribution in [0.25, 0.3) is 16.9 Å². The molecule has 1 amide bonds. The quantitative estimate of drug-likeness (QED) is 0.627. The van der Waals surface area contributed by atoms with Crippen LogP contribution >= 0.6 is 0 Å². The lowest BCUT2D eigenvalue weighted by atomic mass is 10.2. The number of amides is 1. The minimum absolute atomic E-state index is 0.241. The molecule has 0 radical (unpaired) electrons. The van der Waals surface area contributed by atoms with Crippen LogP contribution in [0.2, 0.25) is 0 Å². The van der Waals surface area contributed by atoms with E-state index in [2.05, 4.69) is 20.3 Å². The predicted molar refractivity (Wildman–Crippen MR) is 88.1 cm³/mol. The van der Waals surface area contributed by atoms with Crippen molar-refractivity contribution in [1.82, 2.24) is 19.5 Å². The van der Waals surface area contributed by atoms with Crippen LogP contribution in [0.4, 0.5) is 5.69 Å². The highest BCUT2D eigenvalue weighted by molar-refractivity contribution is 6.04. The normalized spacial score (nSPS) is 10.9. The molecule has 4 aromatic rings. The van der Waals surface area contributed by atoms with Gasteiger partial charge in [0.2, 0.25) is 5.95 Å². The molecule has 0 unspecified atom stereocenters. The van der Waals surface area contributed by atoms with Gasteiger partial charge in [-0.25, -0.2) is 15.0 Å². The number of hydrogen-bond acceptors (Lipinski definition) is 5. The Morgan fingerprint density at radius 2 is 1.96 bits per heavy atom. The van der Waals surface area contributed by atoms with Crippen molar-refractivity contribution in [2.24, 2.45) is 0 Å². The van der Waals surface area contributed by atoms with E-state index < -0.39 is 0 Å². The van der Waals surface area contributed by atoms with Crippen molar-refractivity contribution in [2.75, 3.05) is 5.32 Å². The molecule has 3 heterocycles. The summed E-state index contributed by atoms with van der Waals surface area (Å²) in [7, 11) is 0. The van der Waals surface area contributed by atoms with Gasteiger partial charge in [-0.3, -0.25) is 9.36 Å². The minimum atomic E-state index is -0.346. The third kappa shape index (κ3) is 2.52. The highest BCUT2D eigenvalue weighted by Gasteiger charge is 2.13. The van der Waals surface area contributed by atoms with Crippen molar-refractivity contribution in [2.45, 2.75) is 6.92 Å². The number of fused-ring (bicyclic) bond motifs is 1. The summed E-state index contributed by atoms with van der Waals surface area (Å²) < 4.78 is 7.29. The van der Waals surface area contributed by atoms with E-state index in [4.69, 9.17) is 4.42 Å². The summed E-state index contributed by atoms with van der Waals surface area (Å²) in [4.78, 5) is 24.9. The summed E-state index contributed by atoms with van der Waals surface area (Å²) in [6.45, 7) is 1.86. The lowest BCUT2D eigenvalue weighted by molar-refractivity contribution is 0.0998. The molecule has 0 saturated carbocycles. The molecule has 4 rings (SSSR count). The average Bonchev–Trinajstić information content (AvgIpc) is 3.21. The number of anilines is 1. The lowest BCUT2D eigenvalue weighted by Crippen LogP contribution is -2.12. The Morgan fingerprint density at radius 1 is 1.17 bits per heavy atom. The van der Waals surface area contributed by atoms with E-state index in [1.165, 1.54) is 0 Å². The number of hydrogen-bond donors (Lipinski definition) is 1. The van der Waals surface area contributed by atoms with E-state index in [9.17, 15) is 4.79 Å². The molecule has 1 aromatic carbocycles. The second-order valence-corrected chi connectivity index (χ2v) is 5.22. The summed E-state index contributed by atoms with van der Waals surface area (Å²) in [6.07, 6.45) is 6.54. The summed E-state index contributed by atoms with van der Waals surface area (Å²) in [5.74, 6) is 1.17. The zero-order chi connectivity index (χ0) is 16.5. The van der Waals surface area contributed by atoms with E-state index in [-0.39, 0.29) is 11.7 Å². The number of carbonyl (C=O) groups is 1. The average molecular weight is 319 g/mol. The van der Waals surface area contributed by atoms with Gasteiger partial charge in [-0.1, -0.05) is 18.2 Å². The maximum atomic E-state index is 12.3. The Bertz CT molecular complexity index is 984. The number of carbonyl (C=O) groups excluding carboxylic acids is 1. The Kier molecular flexibility index (Phi) is 3.31. The third-order valence-electron chi connectivity index (χ3n) is 3.59. The highest BCUT2D eigenvalue weighted by Crippen LogP contribution is 2.19. The molecule has 1 N–H and O–H groups in total. The Labute approximate surface area is 137 Å². The monoisotopic (exact) mass is 319 g/mol. The van der Waals surface area contributed by atoms with Gasteiger partial charge in [0.15, 0.2) is 5.76 Å². The van der Waals surface area contributed by atoms with Crippen molar-refractivity contribution in [1.29, 1.82) is 0 Å². The standard InChI is InChI=1S/C17H13N5O2/c1-11-18-6-7-22(11)17-19-9-13(10-20-17)21-16(23)15-8-12-4-2-3-5-14(12)24-15/h2-10H,1H3,(H,21,23). The van der Waals surface area contributed by atoms with Crippen molar-refractivity contribution in [3.05, 3.63) is 66.7 Å². The molecule has 0 atom stereocenters. The third-order valence-corrected chi connectivity index (χ3v) is 3.59. The van der Waals surface area contributed by atoms with Gasteiger partial charge in [0.25, 0.3) is 5.91 Å². The van der Waals surface area contributed by atoms with E-state index in [0.717, 1.165) is 11.2 Å². The van der Waals surface area contributed by atoms with E-state index in [1.54, 1.807) is 35.4 Å². The largest absolute Gasteiger partial charge is 0.451 e. The van der Waals surface area contributed by atoms with Crippen molar-refractivity contribution < 1.29 is 9.21 Å². The molecule has 24 heavy (non-hydrogen) atoms. The number of imidazole rings is 1. The van der Waals surface area contributed by atoms with Gasteiger partial charge in [0, 0.05) is 17.8 Å². The zero-order valence-electron chi connectivity index (χ0n) is 12.8. The van der Waals surface area contributed by atoms with Crippen LogP contribution in [-0.2, 0) is 0 Å². The van der Waals surface area contributed by atoms with Crippen LogP contribution < -0.4 is 5.32 Å². The molecule has 0 bridgehead atoms. The molecule has 0 saturated heterocycles. The predicted octanol–water partition coefficient (Wildman–Crippen LogP) is 2.97. The van der Waals surface area contributed by atoms with Crippen LogP contribution in [0.3, 0.4) is 0 Å². The summed E-state index contributed by atoms with van der Waals surface area (Å²) >= 11 is 0. The molecule has 0 fully saturated rings. The fourth-order valence-corrected chi connectivity index (χ4v) is 2.39. The maximum absolute atomic E-state index is 12.3. The van der Waals surface area contributed by atoms with E-state index in [0.29, 0.717) is 17.2 Å². The summed E-state index contributed by atoms with van der Waals surface area (Å²) in [6, 6.07) is 9.16. The van der Waals surface area contributed by atoms with Crippen LogP contribution in [0, 0.1) is 6.92 Å². The first-order valence-electron chi connectivity index (χ1n) is 7.33. The van der Waals surface area contributed by atoms with Gasteiger partial charge in [0.05, 0.1) is 18.1 Å². The molecule has 7 nitrogen and oxygen atoms in total. The number of furan rings is 1. The number of aryl methyl sites for hydroxylation is 1. The first kappa shape index (κ1) is 14.1. The van der Waals surface area contributed by atoms with Crippen LogP contribution in [0.5, 0.6) is 0 Å². The molecular formula is C17H13N5O2. The van der Waals surface area contributed by atoms with E-state index >= 15 is 0 Å². The smallest absolute Gasteiger partial charge is 0.291 e. The summed E-state index contributed by atoms with van der Waals surface area (Å²) in [5.41, 5.74) is 1.16. The van der Waals surface area contributed by atoms with Gasteiger partial charge in [-0.15, -0.1) is 0 Å². The molecule has 0 aliphatic rings. The summed E-state index contributed by atoms with van der Waals surface area (Å²) in [5, 5.41) is 3.60. The maximum Gasteiger partial charge on any atom is 0.291 e. The van der Waals surface area contributed by atoms with Crippen molar-refractivity contribution in [3.63, 3.8) is 0 Å². The molecule has 7 heteroatoms. The number of benzene rings is 1. The first-order valence-corrected chi connectivity index (χ1v) is 7.33. The van der Waals surface area contributed by atoms with Gasteiger partial charge in [-0.2, -0.15) is 0 Å². The zero-order valence-corrected chi connectivity index (χ0v) is 12.8. The molecule has 3 aromatic heterocycles. The van der Waals surface area contributed by atoms with Gasteiger partial charge < -0.3 is 9.73 Å². The van der Waals surface area contributed by atoms with Gasteiger partial charge in [0.1, 0.15) is 11.4 Å². The first-order chi connectivity index (χ1) is 11.7. The Morgan fingerprint density at radius 3 is 2.67 bits per heavy atom. The van der Waals surface area contributed by atoms with Crippen molar-refractivity contribution >= 4 is 22.6 Å². The van der Waals surface area contributed by atoms with Crippen molar-refractivity contribution in [3.8, 4) is 5.95 Å². The highest BCUT2D eigenvalue weighted by atomic mass is 16.3. The van der Waals surface area contributed by atoms with Crippen LogP contribution in [-0.4, -0.2) is 25.4 Å². The fourth-order valence-electron chi connectivity index (χ4n) is 2.39. The van der Waals surface area contributed by atoms with E-state index in [1.807, 2.05) is 31.2 Å². The Hall–Kier alpha value is -3.48. The lowest BCUT2D eigenvalue weighted by Gasteiger charge is -2.05. The van der Waals surface area contributed by atoms with Crippen LogP contribution in [0.1, 0.15) is 16.4 Å². The number of para-hydroxylation sites is 1. The molecular weight excluding hydrogens is 306 g/mol. The molecule has 0 aliphatic carbocycles. The molecule has 0 spiro atoms. The number of nitrogens with one attached hydrogen (secondary N) is 1.